The zero-order chi connectivity index (χ0) is 15.4. The van der Waals surface area contributed by atoms with Crippen molar-refractivity contribution >= 4 is 17.6 Å². The molecule has 1 heterocycles. The van der Waals surface area contributed by atoms with Crippen molar-refractivity contribution in [2.45, 2.75) is 13.0 Å². The van der Waals surface area contributed by atoms with Gasteiger partial charge in [0.1, 0.15) is 0 Å². The Kier molecular flexibility index (Phi) is 4.80. The molecule has 2 rings (SSSR count). The summed E-state index contributed by atoms with van der Waals surface area (Å²) >= 11 is 0. The number of piperazine rings is 1. The largest absolute Gasteiger partial charge is 0.464 e. The molecule has 0 aromatic heterocycles. The van der Waals surface area contributed by atoms with Crippen molar-refractivity contribution in [2.75, 3.05) is 38.2 Å². The molecule has 0 radical (unpaired) electrons. The van der Waals surface area contributed by atoms with E-state index in [4.69, 9.17) is 4.74 Å². The molecule has 1 saturated heterocycles. The summed E-state index contributed by atoms with van der Waals surface area (Å²) in [5.74, 6) is -0.572. The molecule has 1 unspecified atom stereocenters. The summed E-state index contributed by atoms with van der Waals surface area (Å²) in [6, 6.07) is 6.96. The number of ether oxygens (including phenoxy) is 1. The van der Waals surface area contributed by atoms with Gasteiger partial charge >= 0.3 is 5.97 Å². The van der Waals surface area contributed by atoms with Crippen molar-refractivity contribution in [3.63, 3.8) is 0 Å². The maximum absolute atomic E-state index is 11.7. The normalized spacial score (nSPS) is 16.8. The van der Waals surface area contributed by atoms with E-state index >= 15 is 0 Å². The zero-order valence-electron chi connectivity index (χ0n) is 12.3. The third-order valence-corrected chi connectivity index (χ3v) is 3.54. The highest BCUT2D eigenvalue weighted by molar-refractivity contribution is 5.82. The lowest BCUT2D eigenvalue weighted by Crippen LogP contribution is -2.48. The van der Waals surface area contributed by atoms with Crippen LogP contribution in [0.3, 0.4) is 0 Å². The van der Waals surface area contributed by atoms with E-state index in [1.165, 1.54) is 0 Å². The molecule has 1 atom stereocenters. The van der Waals surface area contributed by atoms with Crippen LogP contribution in [0.25, 0.3) is 0 Å². The highest BCUT2D eigenvalue weighted by Gasteiger charge is 2.22. The van der Waals surface area contributed by atoms with Crippen LogP contribution in [0.2, 0.25) is 0 Å². The Balaban J connectivity index is 2.05. The number of hydrogen-bond acceptors (Lipinski definition) is 5. The fraction of sp³-hybridized carbons (Fsp3) is 0.467. The summed E-state index contributed by atoms with van der Waals surface area (Å²) in [7, 11) is 1.79. The Morgan fingerprint density at radius 2 is 2.00 bits per heavy atom. The minimum Gasteiger partial charge on any atom is -0.464 e. The van der Waals surface area contributed by atoms with Gasteiger partial charge in [-0.25, -0.2) is 4.79 Å². The molecule has 114 valence electrons. The highest BCUT2D eigenvalue weighted by atomic mass is 16.5. The van der Waals surface area contributed by atoms with Crippen molar-refractivity contribution in [1.82, 2.24) is 4.90 Å². The van der Waals surface area contributed by atoms with E-state index in [1.807, 2.05) is 4.90 Å². The molecule has 1 aromatic carbocycles. The summed E-state index contributed by atoms with van der Waals surface area (Å²) in [5, 5.41) is 9.85. The maximum atomic E-state index is 11.7. The number of likely N-dealkylation sites (N-methyl/N-ethyl adjacent to an activating group) is 1. The van der Waals surface area contributed by atoms with Crippen molar-refractivity contribution < 1.29 is 19.4 Å². The number of anilines is 1. The van der Waals surface area contributed by atoms with Gasteiger partial charge in [-0.1, -0.05) is 12.1 Å². The first kappa shape index (κ1) is 15.3. The molecule has 1 aromatic rings. The first-order valence-electron chi connectivity index (χ1n) is 6.96. The van der Waals surface area contributed by atoms with Crippen molar-refractivity contribution in [3.05, 3.63) is 29.8 Å². The number of esters is 1. The van der Waals surface area contributed by atoms with Crippen molar-refractivity contribution in [3.8, 4) is 0 Å². The van der Waals surface area contributed by atoms with Crippen LogP contribution in [0.1, 0.15) is 18.6 Å². The van der Waals surface area contributed by atoms with Crippen LogP contribution in [0.15, 0.2) is 24.3 Å². The molecule has 0 aliphatic carbocycles. The Morgan fingerprint density at radius 3 is 2.57 bits per heavy atom. The minimum absolute atomic E-state index is 0.0804. The summed E-state index contributed by atoms with van der Waals surface area (Å²) < 4.78 is 4.78. The summed E-state index contributed by atoms with van der Waals surface area (Å²) in [6.45, 7) is 3.72. The SMILES string of the molecule is CCOC(=O)C(O)c1ccc(N2CCN(C)C(=O)C2)cc1. The summed E-state index contributed by atoms with van der Waals surface area (Å²) in [5.41, 5.74) is 1.38. The third kappa shape index (κ3) is 3.52. The standard InChI is InChI=1S/C15H20N2O4/c1-3-21-15(20)14(19)11-4-6-12(7-5-11)17-9-8-16(2)13(18)10-17/h4-7,14,19H,3,8-10H2,1-2H3. The lowest BCUT2D eigenvalue weighted by atomic mass is 10.1. The van der Waals surface area contributed by atoms with Gasteiger partial charge < -0.3 is 19.6 Å². The van der Waals surface area contributed by atoms with Crippen molar-refractivity contribution in [2.24, 2.45) is 0 Å². The Hall–Kier alpha value is -2.08. The van der Waals surface area contributed by atoms with Gasteiger partial charge in [-0.15, -0.1) is 0 Å². The monoisotopic (exact) mass is 292 g/mol. The quantitative estimate of drug-likeness (QED) is 0.821. The number of carbonyl (C=O) groups is 2. The molecule has 1 N–H and O–H groups in total. The molecule has 0 saturated carbocycles. The van der Waals surface area contributed by atoms with Crippen LogP contribution in [0, 0.1) is 0 Å². The van der Waals surface area contributed by atoms with E-state index in [0.717, 1.165) is 12.2 Å². The minimum atomic E-state index is -1.27. The highest BCUT2D eigenvalue weighted by Crippen LogP contribution is 2.21. The molecule has 1 fully saturated rings. The lowest BCUT2D eigenvalue weighted by Gasteiger charge is -2.33. The van der Waals surface area contributed by atoms with Crippen LogP contribution in [-0.4, -0.2) is 55.2 Å². The molecule has 6 nitrogen and oxygen atoms in total. The number of aliphatic hydroxyl groups excluding tert-OH is 1. The lowest BCUT2D eigenvalue weighted by molar-refractivity contribution is -0.153. The topological polar surface area (TPSA) is 70.1 Å². The van der Waals surface area contributed by atoms with Gasteiger partial charge in [0.15, 0.2) is 6.10 Å². The zero-order valence-corrected chi connectivity index (χ0v) is 12.3. The van der Waals surface area contributed by atoms with Crippen LogP contribution in [-0.2, 0) is 14.3 Å². The first-order chi connectivity index (χ1) is 10.0. The summed E-state index contributed by atoms with van der Waals surface area (Å²) in [4.78, 5) is 26.9. The number of carbonyl (C=O) groups excluding carboxylic acids is 2. The van der Waals surface area contributed by atoms with E-state index in [-0.39, 0.29) is 12.5 Å². The van der Waals surface area contributed by atoms with Gasteiger partial charge in [-0.3, -0.25) is 4.79 Å². The Bertz CT molecular complexity index is 515. The predicted molar refractivity (Wildman–Crippen MR) is 77.9 cm³/mol. The Labute approximate surface area is 123 Å². The number of hydrogen-bond donors (Lipinski definition) is 1. The fourth-order valence-electron chi connectivity index (χ4n) is 2.20. The van der Waals surface area contributed by atoms with E-state index in [0.29, 0.717) is 18.7 Å². The van der Waals surface area contributed by atoms with E-state index in [9.17, 15) is 14.7 Å². The van der Waals surface area contributed by atoms with Crippen LogP contribution >= 0.6 is 0 Å². The summed E-state index contributed by atoms with van der Waals surface area (Å²) in [6.07, 6.45) is -1.27. The van der Waals surface area contributed by atoms with Gasteiger partial charge in [0, 0.05) is 25.8 Å². The number of nitrogens with zero attached hydrogens (tertiary/aromatic N) is 2. The average molecular weight is 292 g/mol. The average Bonchev–Trinajstić information content (AvgIpc) is 2.50. The number of amides is 1. The smallest absolute Gasteiger partial charge is 0.339 e. The predicted octanol–water partition coefficient (Wildman–Crippen LogP) is 0.561. The van der Waals surface area contributed by atoms with Crippen LogP contribution in [0.5, 0.6) is 0 Å². The van der Waals surface area contributed by atoms with Gasteiger partial charge in [0.05, 0.1) is 13.2 Å². The van der Waals surface area contributed by atoms with Crippen LogP contribution in [0.4, 0.5) is 5.69 Å². The second-order valence-electron chi connectivity index (χ2n) is 4.98. The molecular weight excluding hydrogens is 272 g/mol. The van der Waals surface area contributed by atoms with Gasteiger partial charge in [-0.05, 0) is 24.6 Å². The number of benzene rings is 1. The maximum Gasteiger partial charge on any atom is 0.339 e. The molecule has 0 spiro atoms. The van der Waals surface area contributed by atoms with Gasteiger partial charge in [0.2, 0.25) is 5.91 Å². The Morgan fingerprint density at radius 1 is 1.33 bits per heavy atom. The van der Waals surface area contributed by atoms with E-state index in [1.54, 1.807) is 43.1 Å². The third-order valence-electron chi connectivity index (χ3n) is 3.54. The van der Waals surface area contributed by atoms with Gasteiger partial charge in [-0.2, -0.15) is 0 Å². The first-order valence-corrected chi connectivity index (χ1v) is 6.96. The van der Waals surface area contributed by atoms with Crippen LogP contribution < -0.4 is 4.90 Å². The molecule has 1 aliphatic rings. The van der Waals surface area contributed by atoms with E-state index < -0.39 is 12.1 Å². The molecule has 6 heteroatoms. The second kappa shape index (κ2) is 6.58. The number of aliphatic hydroxyl groups is 1. The molecule has 21 heavy (non-hydrogen) atoms. The fourth-order valence-corrected chi connectivity index (χ4v) is 2.20. The molecular formula is C15H20N2O4. The number of rotatable bonds is 4. The second-order valence-corrected chi connectivity index (χ2v) is 4.98. The molecule has 0 bridgehead atoms. The molecule has 1 aliphatic heterocycles. The van der Waals surface area contributed by atoms with Crippen molar-refractivity contribution in [1.29, 1.82) is 0 Å². The molecule has 1 amide bonds. The van der Waals surface area contributed by atoms with E-state index in [2.05, 4.69) is 0 Å². The van der Waals surface area contributed by atoms with Gasteiger partial charge in [0.25, 0.3) is 0 Å².